The Morgan fingerprint density at radius 2 is 2.00 bits per heavy atom. The van der Waals surface area contributed by atoms with Crippen LogP contribution in [0.15, 0.2) is 69.4 Å². The fourth-order valence-electron chi connectivity index (χ4n) is 3.34. The first kappa shape index (κ1) is 20.5. The molecule has 0 radical (unpaired) electrons. The van der Waals surface area contributed by atoms with Crippen molar-refractivity contribution in [2.24, 2.45) is 4.99 Å². The van der Waals surface area contributed by atoms with Gasteiger partial charge in [-0.05, 0) is 64.3 Å². The molecule has 152 valence electrons. The molecular weight excluding hydrogens is 462 g/mol. The van der Waals surface area contributed by atoms with Crippen molar-refractivity contribution < 1.29 is 9.59 Å². The minimum atomic E-state index is -0.242. The standard InChI is InChI=1S/C23H20BrN3O2S/c1-2-15-6-5-7-16(12-15)25-22(28)14-27-19-9-4-3-8-17(19)26-18(13-23(27)29)20-10-11-21(24)30-20/h3-12H,2,13-14H2,1H3,(H,25,28). The van der Waals surface area contributed by atoms with Crippen LogP contribution in [0.2, 0.25) is 0 Å². The van der Waals surface area contributed by atoms with E-state index in [0.29, 0.717) is 17.1 Å². The summed E-state index contributed by atoms with van der Waals surface area (Å²) in [4.78, 5) is 33.1. The summed E-state index contributed by atoms with van der Waals surface area (Å²) < 4.78 is 0.982. The molecule has 0 saturated heterocycles. The topological polar surface area (TPSA) is 61.8 Å². The van der Waals surface area contributed by atoms with Crippen molar-refractivity contribution in [1.29, 1.82) is 0 Å². The molecule has 5 nitrogen and oxygen atoms in total. The number of anilines is 2. The van der Waals surface area contributed by atoms with Gasteiger partial charge in [0.15, 0.2) is 0 Å². The highest BCUT2D eigenvalue weighted by atomic mass is 79.9. The van der Waals surface area contributed by atoms with E-state index in [9.17, 15) is 9.59 Å². The van der Waals surface area contributed by atoms with Crippen LogP contribution in [0.3, 0.4) is 0 Å². The number of benzene rings is 2. The smallest absolute Gasteiger partial charge is 0.244 e. The van der Waals surface area contributed by atoms with Crippen LogP contribution in [-0.4, -0.2) is 24.1 Å². The molecule has 2 heterocycles. The Bertz CT molecular complexity index is 1140. The van der Waals surface area contributed by atoms with Gasteiger partial charge in [-0.1, -0.05) is 31.2 Å². The van der Waals surface area contributed by atoms with Crippen LogP contribution in [-0.2, 0) is 16.0 Å². The highest BCUT2D eigenvalue weighted by molar-refractivity contribution is 9.11. The number of hydrogen-bond acceptors (Lipinski definition) is 4. The lowest BCUT2D eigenvalue weighted by atomic mass is 10.1. The largest absolute Gasteiger partial charge is 0.325 e. The Hall–Kier alpha value is -2.77. The van der Waals surface area contributed by atoms with Crippen LogP contribution >= 0.6 is 27.3 Å². The molecule has 0 bridgehead atoms. The van der Waals surface area contributed by atoms with Gasteiger partial charge in [-0.15, -0.1) is 11.3 Å². The van der Waals surface area contributed by atoms with E-state index in [1.54, 1.807) is 0 Å². The van der Waals surface area contributed by atoms with Gasteiger partial charge >= 0.3 is 0 Å². The summed E-state index contributed by atoms with van der Waals surface area (Å²) in [6.45, 7) is 2.00. The SMILES string of the molecule is CCc1cccc(NC(=O)CN2C(=O)CC(c3ccc(Br)s3)=Nc3ccccc32)c1. The van der Waals surface area contributed by atoms with Crippen LogP contribution < -0.4 is 10.2 Å². The minimum absolute atomic E-state index is 0.0663. The molecule has 0 spiro atoms. The zero-order chi connectivity index (χ0) is 21.1. The number of aryl methyl sites for hydroxylation is 1. The number of thiophene rings is 1. The molecule has 0 aliphatic carbocycles. The van der Waals surface area contributed by atoms with Gasteiger partial charge in [0.2, 0.25) is 11.8 Å². The van der Waals surface area contributed by atoms with E-state index in [2.05, 4.69) is 28.2 Å². The van der Waals surface area contributed by atoms with E-state index in [1.807, 2.05) is 60.7 Å². The normalized spacial score (nSPS) is 13.5. The average Bonchev–Trinajstić information content (AvgIpc) is 3.12. The first-order valence-electron chi connectivity index (χ1n) is 9.65. The first-order valence-corrected chi connectivity index (χ1v) is 11.3. The lowest BCUT2D eigenvalue weighted by Crippen LogP contribution is -2.38. The predicted octanol–water partition coefficient (Wildman–Crippen LogP) is 5.57. The summed E-state index contributed by atoms with van der Waals surface area (Å²) in [5.41, 5.74) is 3.91. The second-order valence-corrected chi connectivity index (χ2v) is 9.37. The van der Waals surface area contributed by atoms with Gasteiger partial charge in [-0.3, -0.25) is 9.59 Å². The van der Waals surface area contributed by atoms with Crippen molar-refractivity contribution in [3.63, 3.8) is 0 Å². The Morgan fingerprint density at radius 1 is 1.17 bits per heavy atom. The van der Waals surface area contributed by atoms with Crippen molar-refractivity contribution in [3.05, 3.63) is 74.9 Å². The first-order chi connectivity index (χ1) is 14.5. The van der Waals surface area contributed by atoms with Crippen LogP contribution in [0.1, 0.15) is 23.8 Å². The van der Waals surface area contributed by atoms with Crippen LogP contribution in [0, 0.1) is 0 Å². The molecule has 0 atom stereocenters. The van der Waals surface area contributed by atoms with Crippen molar-refractivity contribution in [3.8, 4) is 0 Å². The van der Waals surface area contributed by atoms with E-state index in [4.69, 9.17) is 4.99 Å². The molecule has 3 aromatic rings. The molecule has 2 amide bonds. The Balaban J connectivity index is 1.59. The number of nitrogens with one attached hydrogen (secondary N) is 1. The second kappa shape index (κ2) is 8.93. The number of rotatable bonds is 5. The zero-order valence-corrected chi connectivity index (χ0v) is 18.8. The predicted molar refractivity (Wildman–Crippen MR) is 126 cm³/mol. The summed E-state index contributed by atoms with van der Waals surface area (Å²) in [6.07, 6.45) is 1.03. The molecule has 2 aromatic carbocycles. The summed E-state index contributed by atoms with van der Waals surface area (Å²) in [5.74, 6) is -0.394. The molecule has 0 unspecified atom stereocenters. The average molecular weight is 482 g/mol. The monoisotopic (exact) mass is 481 g/mol. The lowest BCUT2D eigenvalue weighted by Gasteiger charge is -2.22. The molecule has 1 aromatic heterocycles. The fourth-order valence-corrected chi connectivity index (χ4v) is 4.72. The van der Waals surface area contributed by atoms with Gasteiger partial charge in [-0.2, -0.15) is 0 Å². The van der Waals surface area contributed by atoms with E-state index < -0.39 is 0 Å². The Kier molecular flexibility index (Phi) is 6.11. The minimum Gasteiger partial charge on any atom is -0.325 e. The van der Waals surface area contributed by atoms with E-state index in [1.165, 1.54) is 16.2 Å². The van der Waals surface area contributed by atoms with Crippen molar-refractivity contribution in [1.82, 2.24) is 0 Å². The maximum atomic E-state index is 13.1. The summed E-state index contributed by atoms with van der Waals surface area (Å²) in [7, 11) is 0. The summed E-state index contributed by atoms with van der Waals surface area (Å²) in [5, 5.41) is 2.91. The number of fused-ring (bicyclic) bond motifs is 1. The van der Waals surface area contributed by atoms with Crippen molar-refractivity contribution in [2.75, 3.05) is 16.8 Å². The quantitative estimate of drug-likeness (QED) is 0.517. The van der Waals surface area contributed by atoms with Crippen LogP contribution in [0.25, 0.3) is 0 Å². The highest BCUT2D eigenvalue weighted by Gasteiger charge is 2.27. The van der Waals surface area contributed by atoms with Crippen molar-refractivity contribution in [2.45, 2.75) is 19.8 Å². The second-order valence-electron chi connectivity index (χ2n) is 6.91. The maximum Gasteiger partial charge on any atom is 0.244 e. The number of halogens is 1. The molecule has 7 heteroatoms. The van der Waals surface area contributed by atoms with Gasteiger partial charge in [0, 0.05) is 5.69 Å². The Labute approximate surface area is 187 Å². The number of amides is 2. The summed E-state index contributed by atoms with van der Waals surface area (Å²) in [6, 6.07) is 19.1. The summed E-state index contributed by atoms with van der Waals surface area (Å²) >= 11 is 5.00. The zero-order valence-electron chi connectivity index (χ0n) is 16.4. The highest BCUT2D eigenvalue weighted by Crippen LogP contribution is 2.34. The number of aliphatic imine (C=N–C) groups is 1. The van der Waals surface area contributed by atoms with Crippen LogP contribution in [0.5, 0.6) is 0 Å². The maximum absolute atomic E-state index is 13.1. The van der Waals surface area contributed by atoms with Gasteiger partial charge in [0.05, 0.1) is 32.2 Å². The molecule has 1 aliphatic heterocycles. The lowest BCUT2D eigenvalue weighted by molar-refractivity contribution is -0.120. The molecular formula is C23H20BrN3O2S. The molecule has 4 rings (SSSR count). The van der Waals surface area contributed by atoms with Gasteiger partial charge in [-0.25, -0.2) is 4.99 Å². The van der Waals surface area contributed by atoms with Gasteiger partial charge in [0.25, 0.3) is 0 Å². The van der Waals surface area contributed by atoms with Gasteiger partial charge < -0.3 is 10.2 Å². The van der Waals surface area contributed by atoms with E-state index >= 15 is 0 Å². The number of carbonyl (C=O) groups excluding carboxylic acids is 2. The Morgan fingerprint density at radius 3 is 2.77 bits per heavy atom. The molecule has 0 saturated carbocycles. The van der Waals surface area contributed by atoms with Crippen LogP contribution in [0.4, 0.5) is 17.1 Å². The van der Waals surface area contributed by atoms with E-state index in [-0.39, 0.29) is 24.8 Å². The molecule has 0 fully saturated rings. The molecule has 1 aliphatic rings. The molecule has 1 N–H and O–H groups in total. The number of nitrogens with zero attached hydrogens (tertiary/aromatic N) is 2. The fraction of sp³-hybridized carbons (Fsp3) is 0.174. The van der Waals surface area contributed by atoms with Crippen molar-refractivity contribution >= 4 is 61.9 Å². The number of carbonyl (C=O) groups is 2. The van der Waals surface area contributed by atoms with E-state index in [0.717, 1.165) is 26.3 Å². The number of para-hydroxylation sites is 2. The third-order valence-corrected chi connectivity index (χ3v) is 6.50. The number of hydrogen-bond donors (Lipinski definition) is 1. The third kappa shape index (κ3) is 4.52. The third-order valence-electron chi connectivity index (χ3n) is 4.83. The molecule has 30 heavy (non-hydrogen) atoms. The van der Waals surface area contributed by atoms with Gasteiger partial charge in [0.1, 0.15) is 6.54 Å².